The number of carbonyl (C=O) groups is 1. The van der Waals surface area contributed by atoms with Gasteiger partial charge in [-0.3, -0.25) is 9.69 Å². The van der Waals surface area contributed by atoms with Crippen LogP contribution in [0.5, 0.6) is 5.75 Å². The molecule has 0 atom stereocenters. The van der Waals surface area contributed by atoms with Crippen molar-refractivity contribution in [2.24, 2.45) is 0 Å². The average molecular weight is 382 g/mol. The third-order valence-electron chi connectivity index (χ3n) is 3.59. The number of ether oxygens (including phenoxy) is 1. The van der Waals surface area contributed by atoms with E-state index in [1.165, 1.54) is 23.1 Å². The average Bonchev–Trinajstić information content (AvgIpc) is 3.13. The van der Waals surface area contributed by atoms with E-state index in [1.807, 2.05) is 0 Å². The highest BCUT2D eigenvalue weighted by atomic mass is 32.1. The van der Waals surface area contributed by atoms with E-state index in [9.17, 15) is 18.0 Å². The minimum Gasteiger partial charge on any atom is -0.486 e. The van der Waals surface area contributed by atoms with Gasteiger partial charge in [0, 0.05) is 13.1 Å². The van der Waals surface area contributed by atoms with Crippen molar-refractivity contribution in [3.63, 3.8) is 0 Å². The first-order valence-electron chi connectivity index (χ1n) is 7.43. The maximum atomic E-state index is 12.7. The van der Waals surface area contributed by atoms with Crippen LogP contribution >= 0.6 is 12.2 Å². The third kappa shape index (κ3) is 3.88. The molecular weight excluding hydrogens is 369 g/mol. The zero-order valence-corrected chi connectivity index (χ0v) is 14.3. The first-order valence-corrected chi connectivity index (χ1v) is 7.84. The van der Waals surface area contributed by atoms with E-state index in [0.717, 1.165) is 12.1 Å². The summed E-state index contributed by atoms with van der Waals surface area (Å²) in [6.45, 7) is -0.0514. The Kier molecular flexibility index (Phi) is 4.73. The summed E-state index contributed by atoms with van der Waals surface area (Å²) in [6.07, 6.45) is -2.94. The molecule has 1 aliphatic rings. The quantitative estimate of drug-likeness (QED) is 0.647. The molecule has 1 N–H and O–H groups in total. The van der Waals surface area contributed by atoms with Gasteiger partial charge in [-0.05, 0) is 42.5 Å². The summed E-state index contributed by atoms with van der Waals surface area (Å²) < 4.78 is 48.9. The standard InChI is InChI=1S/C17H13F3N2O3S/c1-22-15(23)14(21-16(22)26)8-12-5-6-13(25-12)9-24-11-4-2-3-10(7-11)17(18,19)20/h2-8H,9H2,1H3,(H,21,26)/b14-8+. The minimum atomic E-state index is -4.43. The van der Waals surface area contributed by atoms with E-state index in [2.05, 4.69) is 5.32 Å². The van der Waals surface area contributed by atoms with Gasteiger partial charge in [-0.25, -0.2) is 0 Å². The van der Waals surface area contributed by atoms with Gasteiger partial charge in [-0.15, -0.1) is 0 Å². The summed E-state index contributed by atoms with van der Waals surface area (Å²) in [5.74, 6) is 0.584. The lowest BCUT2D eigenvalue weighted by atomic mass is 10.2. The van der Waals surface area contributed by atoms with Crippen LogP contribution in [0.25, 0.3) is 6.08 Å². The van der Waals surface area contributed by atoms with Crippen LogP contribution in [0.3, 0.4) is 0 Å². The van der Waals surface area contributed by atoms with Crippen LogP contribution in [0, 0.1) is 0 Å². The number of likely N-dealkylation sites (N-methyl/N-ethyl adjacent to an activating group) is 1. The summed E-state index contributed by atoms with van der Waals surface area (Å²) in [6, 6.07) is 7.82. The van der Waals surface area contributed by atoms with Crippen molar-refractivity contribution in [3.05, 3.63) is 59.2 Å². The Hall–Kier alpha value is -2.81. The van der Waals surface area contributed by atoms with Crippen molar-refractivity contribution >= 4 is 29.3 Å². The van der Waals surface area contributed by atoms with Gasteiger partial charge in [0.05, 0.1) is 5.56 Å². The summed E-state index contributed by atoms with van der Waals surface area (Å²) in [7, 11) is 1.55. The molecule has 5 nitrogen and oxygen atoms in total. The Balaban J connectivity index is 1.67. The molecule has 136 valence electrons. The van der Waals surface area contributed by atoms with E-state index in [-0.39, 0.29) is 24.0 Å². The van der Waals surface area contributed by atoms with Gasteiger partial charge < -0.3 is 14.5 Å². The second kappa shape index (κ2) is 6.83. The summed E-state index contributed by atoms with van der Waals surface area (Å²) in [4.78, 5) is 13.2. The zero-order chi connectivity index (χ0) is 18.9. The highest BCUT2D eigenvalue weighted by molar-refractivity contribution is 7.80. The number of carbonyl (C=O) groups excluding carboxylic acids is 1. The molecular formula is C17H13F3N2O3S. The smallest absolute Gasteiger partial charge is 0.416 e. The number of benzene rings is 1. The second-order valence-electron chi connectivity index (χ2n) is 5.47. The van der Waals surface area contributed by atoms with Crippen molar-refractivity contribution < 1.29 is 27.1 Å². The third-order valence-corrected chi connectivity index (χ3v) is 3.97. The summed E-state index contributed by atoms with van der Waals surface area (Å²) >= 11 is 4.97. The number of nitrogens with one attached hydrogen (secondary N) is 1. The van der Waals surface area contributed by atoms with Crippen LogP contribution in [0.4, 0.5) is 13.2 Å². The predicted molar refractivity (Wildman–Crippen MR) is 91.0 cm³/mol. The van der Waals surface area contributed by atoms with Gasteiger partial charge in [0.25, 0.3) is 5.91 Å². The van der Waals surface area contributed by atoms with Gasteiger partial charge in [-0.1, -0.05) is 6.07 Å². The Bertz CT molecular complexity index is 889. The lowest BCUT2D eigenvalue weighted by molar-refractivity contribution is -0.137. The normalized spacial score (nSPS) is 16.3. The Morgan fingerprint density at radius 3 is 2.73 bits per heavy atom. The molecule has 26 heavy (non-hydrogen) atoms. The molecule has 0 bridgehead atoms. The fourth-order valence-electron chi connectivity index (χ4n) is 2.23. The molecule has 1 aromatic carbocycles. The van der Waals surface area contributed by atoms with Crippen LogP contribution in [0.1, 0.15) is 17.1 Å². The highest BCUT2D eigenvalue weighted by Crippen LogP contribution is 2.31. The fourth-order valence-corrected chi connectivity index (χ4v) is 2.42. The van der Waals surface area contributed by atoms with Gasteiger partial charge in [0.15, 0.2) is 5.11 Å². The number of furan rings is 1. The predicted octanol–water partition coefficient (Wildman–Crippen LogP) is 3.56. The summed E-state index contributed by atoms with van der Waals surface area (Å²) in [5.41, 5.74) is -0.511. The first-order chi connectivity index (χ1) is 12.2. The molecule has 1 amide bonds. The molecule has 9 heteroatoms. The number of alkyl halides is 3. The highest BCUT2D eigenvalue weighted by Gasteiger charge is 2.30. The van der Waals surface area contributed by atoms with Crippen molar-refractivity contribution in [2.45, 2.75) is 12.8 Å². The number of rotatable bonds is 4. The zero-order valence-electron chi connectivity index (χ0n) is 13.5. The molecule has 0 radical (unpaired) electrons. The van der Waals surface area contributed by atoms with Gasteiger partial charge in [0.1, 0.15) is 29.6 Å². The summed E-state index contributed by atoms with van der Waals surface area (Å²) in [5, 5.41) is 3.05. The molecule has 3 rings (SSSR count). The Labute approximate surface area is 152 Å². The largest absolute Gasteiger partial charge is 0.486 e. The molecule has 1 aliphatic heterocycles. The lowest BCUT2D eigenvalue weighted by Crippen LogP contribution is -2.25. The van der Waals surface area contributed by atoms with Crippen LogP contribution in [-0.4, -0.2) is 23.0 Å². The number of thiocarbonyl (C=S) groups is 1. The first kappa shape index (κ1) is 18.0. The number of nitrogens with zero attached hydrogens (tertiary/aromatic N) is 1. The van der Waals surface area contributed by atoms with E-state index >= 15 is 0 Å². The maximum Gasteiger partial charge on any atom is 0.416 e. The van der Waals surface area contributed by atoms with Gasteiger partial charge in [0.2, 0.25) is 0 Å². The molecule has 0 spiro atoms. The minimum absolute atomic E-state index is 0.0514. The van der Waals surface area contributed by atoms with E-state index in [0.29, 0.717) is 16.6 Å². The number of hydrogen-bond donors (Lipinski definition) is 1. The molecule has 0 unspecified atom stereocenters. The molecule has 1 aromatic heterocycles. The van der Waals surface area contributed by atoms with Gasteiger partial charge in [-0.2, -0.15) is 13.2 Å². The number of amides is 1. The molecule has 2 aromatic rings. The van der Waals surface area contributed by atoms with Crippen molar-refractivity contribution in [1.29, 1.82) is 0 Å². The van der Waals surface area contributed by atoms with Crippen LogP contribution in [0.15, 0.2) is 46.5 Å². The molecule has 0 aliphatic carbocycles. The molecule has 1 fully saturated rings. The monoisotopic (exact) mass is 382 g/mol. The Morgan fingerprint density at radius 1 is 1.31 bits per heavy atom. The second-order valence-corrected chi connectivity index (χ2v) is 5.86. The lowest BCUT2D eigenvalue weighted by Gasteiger charge is -2.09. The van der Waals surface area contributed by atoms with E-state index in [4.69, 9.17) is 21.4 Å². The Morgan fingerprint density at radius 2 is 2.08 bits per heavy atom. The fraction of sp³-hybridized carbons (Fsp3) is 0.176. The molecule has 1 saturated heterocycles. The SMILES string of the molecule is CN1C(=O)/C(=C\c2ccc(COc3cccc(C(F)(F)F)c3)o2)NC1=S. The number of halogens is 3. The van der Waals surface area contributed by atoms with Crippen LogP contribution in [-0.2, 0) is 17.6 Å². The van der Waals surface area contributed by atoms with Crippen molar-refractivity contribution in [2.75, 3.05) is 7.05 Å². The molecule has 0 saturated carbocycles. The maximum absolute atomic E-state index is 12.7. The van der Waals surface area contributed by atoms with Crippen molar-refractivity contribution in [3.8, 4) is 5.75 Å². The van der Waals surface area contributed by atoms with E-state index in [1.54, 1.807) is 19.2 Å². The van der Waals surface area contributed by atoms with Crippen LogP contribution < -0.4 is 10.1 Å². The molecule has 2 heterocycles. The number of hydrogen-bond acceptors (Lipinski definition) is 4. The van der Waals surface area contributed by atoms with Crippen molar-refractivity contribution in [1.82, 2.24) is 10.2 Å². The van der Waals surface area contributed by atoms with Crippen LogP contribution in [0.2, 0.25) is 0 Å². The van der Waals surface area contributed by atoms with E-state index < -0.39 is 11.7 Å². The topological polar surface area (TPSA) is 54.7 Å². The van der Waals surface area contributed by atoms with Gasteiger partial charge >= 0.3 is 6.18 Å².